The summed E-state index contributed by atoms with van der Waals surface area (Å²) in [6.07, 6.45) is 1.74. The van der Waals surface area contributed by atoms with Gasteiger partial charge in [0.1, 0.15) is 0 Å². The third-order valence-corrected chi connectivity index (χ3v) is 4.65. The van der Waals surface area contributed by atoms with Gasteiger partial charge < -0.3 is 15.5 Å². The quantitative estimate of drug-likeness (QED) is 0.378. The molecule has 7 heteroatoms. The Balaban J connectivity index is 0.00000261. The number of nitrogens with zero attached hydrogens (tertiary/aromatic N) is 2. The van der Waals surface area contributed by atoms with E-state index in [0.717, 1.165) is 35.7 Å². The van der Waals surface area contributed by atoms with Crippen molar-refractivity contribution in [1.82, 2.24) is 10.6 Å². The van der Waals surface area contributed by atoms with Crippen LogP contribution in [0.3, 0.4) is 0 Å². The molecule has 1 aliphatic rings. The van der Waals surface area contributed by atoms with Crippen LogP contribution >= 0.6 is 35.6 Å². The molecule has 1 aliphatic heterocycles. The molecular weight excluding hydrogens is 475 g/mol. The zero-order valence-electron chi connectivity index (χ0n) is 15.2. The van der Waals surface area contributed by atoms with E-state index >= 15 is 0 Å². The number of carbonyl (C=O) groups excluding carboxylic acids is 1. The Morgan fingerprint density at radius 2 is 2.00 bits per heavy atom. The Morgan fingerprint density at radius 1 is 1.19 bits per heavy atom. The fourth-order valence-electron chi connectivity index (χ4n) is 3.09. The van der Waals surface area contributed by atoms with E-state index in [2.05, 4.69) is 21.7 Å². The largest absolute Gasteiger partial charge is 0.356 e. The van der Waals surface area contributed by atoms with Gasteiger partial charge in [0.15, 0.2) is 5.96 Å². The Morgan fingerprint density at radius 3 is 2.78 bits per heavy atom. The second-order valence-corrected chi connectivity index (χ2v) is 6.59. The summed E-state index contributed by atoms with van der Waals surface area (Å²) >= 11 is 6.00. The van der Waals surface area contributed by atoms with Crippen LogP contribution in [-0.2, 0) is 17.6 Å². The van der Waals surface area contributed by atoms with E-state index < -0.39 is 0 Å². The lowest BCUT2D eigenvalue weighted by molar-refractivity contribution is -0.117. The van der Waals surface area contributed by atoms with Crippen molar-refractivity contribution < 1.29 is 4.79 Å². The van der Waals surface area contributed by atoms with Gasteiger partial charge in [0.05, 0.1) is 6.54 Å². The maximum atomic E-state index is 12.5. The van der Waals surface area contributed by atoms with Crippen LogP contribution in [0.1, 0.15) is 11.1 Å². The van der Waals surface area contributed by atoms with Crippen molar-refractivity contribution >= 4 is 53.1 Å². The van der Waals surface area contributed by atoms with E-state index in [1.54, 1.807) is 7.05 Å². The molecule has 27 heavy (non-hydrogen) atoms. The number of carbonyl (C=O) groups is 1. The molecule has 0 bridgehead atoms. The zero-order valence-corrected chi connectivity index (χ0v) is 18.3. The molecular formula is C20H24ClIN4O. The highest BCUT2D eigenvalue weighted by Crippen LogP contribution is 2.27. The van der Waals surface area contributed by atoms with Gasteiger partial charge in [-0.25, -0.2) is 0 Å². The van der Waals surface area contributed by atoms with Crippen LogP contribution < -0.4 is 15.5 Å². The van der Waals surface area contributed by atoms with Crippen LogP contribution in [0.4, 0.5) is 5.69 Å². The number of benzene rings is 2. The molecule has 0 radical (unpaired) electrons. The number of para-hydroxylation sites is 1. The van der Waals surface area contributed by atoms with Crippen molar-refractivity contribution in [2.24, 2.45) is 4.99 Å². The average molecular weight is 499 g/mol. The molecule has 0 aliphatic carbocycles. The maximum Gasteiger partial charge on any atom is 0.246 e. The van der Waals surface area contributed by atoms with E-state index in [9.17, 15) is 4.79 Å². The van der Waals surface area contributed by atoms with E-state index in [-0.39, 0.29) is 36.4 Å². The van der Waals surface area contributed by atoms with Gasteiger partial charge >= 0.3 is 0 Å². The predicted molar refractivity (Wildman–Crippen MR) is 122 cm³/mol. The molecule has 2 N–H and O–H groups in total. The minimum Gasteiger partial charge on any atom is -0.356 e. The Kier molecular flexibility index (Phi) is 8.37. The predicted octanol–water partition coefficient (Wildman–Crippen LogP) is 3.25. The van der Waals surface area contributed by atoms with Crippen molar-refractivity contribution in [2.75, 3.05) is 31.6 Å². The van der Waals surface area contributed by atoms with Crippen molar-refractivity contribution in [3.63, 3.8) is 0 Å². The third kappa shape index (κ3) is 5.84. The molecule has 3 rings (SSSR count). The molecule has 0 saturated carbocycles. The minimum absolute atomic E-state index is 0. The van der Waals surface area contributed by atoms with Gasteiger partial charge in [-0.15, -0.1) is 24.0 Å². The fourth-order valence-corrected chi connectivity index (χ4v) is 3.30. The van der Waals surface area contributed by atoms with Gasteiger partial charge in [0, 0.05) is 30.8 Å². The summed E-state index contributed by atoms with van der Waals surface area (Å²) in [5, 5.41) is 7.06. The SMILES string of the molecule is CN=C(NCCc1cccc(Cl)c1)NCC(=O)N1CCc2ccccc21.I. The van der Waals surface area contributed by atoms with Crippen molar-refractivity contribution in [3.05, 3.63) is 64.7 Å². The summed E-state index contributed by atoms with van der Waals surface area (Å²) in [6.45, 7) is 1.66. The molecule has 0 aromatic heterocycles. The monoisotopic (exact) mass is 498 g/mol. The van der Waals surface area contributed by atoms with E-state index in [1.807, 2.05) is 47.4 Å². The second kappa shape index (κ2) is 10.5. The molecule has 0 unspecified atom stereocenters. The van der Waals surface area contributed by atoms with E-state index in [0.29, 0.717) is 12.5 Å². The first-order chi connectivity index (χ1) is 12.7. The van der Waals surface area contributed by atoms with Gasteiger partial charge in [-0.1, -0.05) is 41.9 Å². The molecule has 2 aromatic rings. The first kappa shape index (κ1) is 21.5. The molecule has 1 heterocycles. The van der Waals surface area contributed by atoms with Crippen LogP contribution in [0.25, 0.3) is 0 Å². The molecule has 0 fully saturated rings. The second-order valence-electron chi connectivity index (χ2n) is 6.16. The number of nitrogens with one attached hydrogen (secondary N) is 2. The fraction of sp³-hybridized carbons (Fsp3) is 0.300. The highest BCUT2D eigenvalue weighted by Gasteiger charge is 2.23. The maximum absolute atomic E-state index is 12.5. The minimum atomic E-state index is 0. The number of anilines is 1. The lowest BCUT2D eigenvalue weighted by atomic mass is 10.1. The van der Waals surface area contributed by atoms with Crippen LogP contribution in [0.5, 0.6) is 0 Å². The number of fused-ring (bicyclic) bond motifs is 1. The zero-order chi connectivity index (χ0) is 18.4. The number of rotatable bonds is 5. The number of guanidine groups is 1. The van der Waals surface area contributed by atoms with Crippen molar-refractivity contribution in [3.8, 4) is 0 Å². The number of amides is 1. The third-order valence-electron chi connectivity index (χ3n) is 4.41. The summed E-state index contributed by atoms with van der Waals surface area (Å²) < 4.78 is 0. The van der Waals surface area contributed by atoms with Crippen molar-refractivity contribution in [2.45, 2.75) is 12.8 Å². The number of halogens is 2. The summed E-state index contributed by atoms with van der Waals surface area (Å²) in [7, 11) is 1.70. The first-order valence-electron chi connectivity index (χ1n) is 8.74. The lowest BCUT2D eigenvalue weighted by Crippen LogP contribution is -2.44. The van der Waals surface area contributed by atoms with E-state index in [4.69, 9.17) is 11.6 Å². The molecule has 2 aromatic carbocycles. The van der Waals surface area contributed by atoms with Crippen LogP contribution in [0.2, 0.25) is 5.02 Å². The summed E-state index contributed by atoms with van der Waals surface area (Å²) in [4.78, 5) is 18.5. The Hall–Kier alpha value is -1.80. The van der Waals surface area contributed by atoms with Gasteiger partial charge in [-0.2, -0.15) is 0 Å². The molecule has 0 spiro atoms. The number of hydrogen-bond acceptors (Lipinski definition) is 2. The van der Waals surface area contributed by atoms with Crippen LogP contribution in [0, 0.1) is 0 Å². The average Bonchev–Trinajstić information content (AvgIpc) is 3.08. The lowest BCUT2D eigenvalue weighted by Gasteiger charge is -2.18. The summed E-state index contributed by atoms with van der Waals surface area (Å²) in [6, 6.07) is 15.8. The van der Waals surface area contributed by atoms with Crippen LogP contribution in [0.15, 0.2) is 53.5 Å². The van der Waals surface area contributed by atoms with Gasteiger partial charge in [0.2, 0.25) is 5.91 Å². The highest BCUT2D eigenvalue weighted by molar-refractivity contribution is 14.0. The first-order valence-corrected chi connectivity index (χ1v) is 9.12. The van der Waals surface area contributed by atoms with Gasteiger partial charge in [-0.05, 0) is 42.2 Å². The Labute approximate surface area is 182 Å². The summed E-state index contributed by atoms with van der Waals surface area (Å²) in [5.74, 6) is 0.667. The van der Waals surface area contributed by atoms with Crippen molar-refractivity contribution in [1.29, 1.82) is 0 Å². The molecule has 0 saturated heterocycles. The normalized spacial score (nSPS) is 13.0. The molecule has 1 amide bonds. The van der Waals surface area contributed by atoms with Gasteiger partial charge in [0.25, 0.3) is 0 Å². The summed E-state index contributed by atoms with van der Waals surface area (Å²) in [5.41, 5.74) is 3.40. The Bertz CT molecular complexity index is 812. The number of hydrogen-bond donors (Lipinski definition) is 2. The number of aliphatic imine (C=N–C) groups is 1. The van der Waals surface area contributed by atoms with Crippen LogP contribution in [-0.4, -0.2) is 38.5 Å². The van der Waals surface area contributed by atoms with Gasteiger partial charge in [-0.3, -0.25) is 9.79 Å². The topological polar surface area (TPSA) is 56.7 Å². The molecule has 144 valence electrons. The van der Waals surface area contributed by atoms with E-state index in [1.165, 1.54) is 5.56 Å². The highest BCUT2D eigenvalue weighted by atomic mass is 127. The smallest absolute Gasteiger partial charge is 0.246 e. The molecule has 5 nitrogen and oxygen atoms in total. The molecule has 0 atom stereocenters. The standard InChI is InChI=1S/C20H23ClN4O.HI/c1-22-20(23-11-9-15-5-4-7-17(21)13-15)24-14-19(26)25-12-10-16-6-2-3-8-18(16)25;/h2-8,13H,9-12,14H2,1H3,(H2,22,23,24);1H.